The van der Waals surface area contributed by atoms with Crippen LogP contribution in [0.15, 0.2) is 33.4 Å². The number of thiophene rings is 2. The Bertz CT molecular complexity index is 520. The molecule has 2 heterocycles. The fourth-order valence-electron chi connectivity index (χ4n) is 2.31. The molecule has 0 atom stereocenters. The van der Waals surface area contributed by atoms with Crippen molar-refractivity contribution < 1.29 is 0 Å². The Hall–Kier alpha value is -0.200. The molecule has 1 aliphatic carbocycles. The van der Waals surface area contributed by atoms with Gasteiger partial charge >= 0.3 is 0 Å². The van der Waals surface area contributed by atoms with Crippen molar-refractivity contribution in [2.24, 2.45) is 0 Å². The van der Waals surface area contributed by atoms with Gasteiger partial charge in [0.25, 0.3) is 0 Å². The minimum Gasteiger partial charge on any atom is -0.311 e. The van der Waals surface area contributed by atoms with E-state index in [0.29, 0.717) is 0 Å². The van der Waals surface area contributed by atoms with Crippen molar-refractivity contribution in [1.29, 1.82) is 0 Å². The molecule has 0 spiro atoms. The first-order valence-electron chi connectivity index (χ1n) is 7.01. The highest BCUT2D eigenvalue weighted by molar-refractivity contribution is 9.10. The van der Waals surface area contributed by atoms with Crippen LogP contribution >= 0.6 is 38.6 Å². The van der Waals surface area contributed by atoms with Crippen LogP contribution in [-0.2, 0) is 13.1 Å². The smallest absolute Gasteiger partial charge is 0.0331 e. The zero-order valence-electron chi connectivity index (χ0n) is 11.3. The van der Waals surface area contributed by atoms with E-state index in [0.717, 1.165) is 32.2 Å². The average Bonchev–Trinajstić information content (AvgIpc) is 3.00. The molecule has 2 aromatic heterocycles. The zero-order chi connectivity index (χ0) is 13.8. The summed E-state index contributed by atoms with van der Waals surface area (Å²) in [5.41, 5.74) is 0. The third kappa shape index (κ3) is 4.40. The summed E-state index contributed by atoms with van der Waals surface area (Å²) in [5, 5.41) is 7.88. The maximum Gasteiger partial charge on any atom is 0.0331 e. The van der Waals surface area contributed by atoms with Gasteiger partial charge in [0.1, 0.15) is 0 Å². The van der Waals surface area contributed by atoms with E-state index in [4.69, 9.17) is 0 Å². The summed E-state index contributed by atoms with van der Waals surface area (Å²) in [4.78, 5) is 5.51. The maximum atomic E-state index is 3.56. The molecule has 0 saturated heterocycles. The SMILES string of the molecule is Brc1csc(CNCCN(Cc2cccs2)C2CC2)c1. The largest absolute Gasteiger partial charge is 0.311 e. The van der Waals surface area contributed by atoms with Gasteiger partial charge in [-0.05, 0) is 46.3 Å². The first-order valence-corrected chi connectivity index (χ1v) is 9.56. The predicted molar refractivity (Wildman–Crippen MR) is 91.5 cm³/mol. The summed E-state index contributed by atoms with van der Waals surface area (Å²) in [6, 6.07) is 7.42. The summed E-state index contributed by atoms with van der Waals surface area (Å²) in [5.74, 6) is 0. The van der Waals surface area contributed by atoms with Crippen LogP contribution in [0.2, 0.25) is 0 Å². The summed E-state index contributed by atoms with van der Waals surface area (Å²) >= 11 is 7.18. The predicted octanol–water partition coefficient (Wildman–Crippen LogP) is 4.33. The van der Waals surface area contributed by atoms with Gasteiger partial charge < -0.3 is 5.32 Å². The van der Waals surface area contributed by atoms with E-state index >= 15 is 0 Å². The highest BCUT2D eigenvalue weighted by atomic mass is 79.9. The van der Waals surface area contributed by atoms with Crippen molar-refractivity contribution in [3.63, 3.8) is 0 Å². The van der Waals surface area contributed by atoms with Crippen LogP contribution in [0.1, 0.15) is 22.6 Å². The molecule has 1 fully saturated rings. The zero-order valence-corrected chi connectivity index (χ0v) is 14.6. The van der Waals surface area contributed by atoms with E-state index in [-0.39, 0.29) is 0 Å². The van der Waals surface area contributed by atoms with Crippen molar-refractivity contribution >= 4 is 38.6 Å². The molecular formula is C15H19BrN2S2. The molecule has 0 bridgehead atoms. The highest BCUT2D eigenvalue weighted by Crippen LogP contribution is 2.28. The monoisotopic (exact) mass is 370 g/mol. The molecule has 2 nitrogen and oxygen atoms in total. The lowest BCUT2D eigenvalue weighted by Crippen LogP contribution is -2.32. The van der Waals surface area contributed by atoms with Crippen LogP contribution in [0.3, 0.4) is 0 Å². The van der Waals surface area contributed by atoms with E-state index in [1.807, 2.05) is 22.7 Å². The van der Waals surface area contributed by atoms with E-state index < -0.39 is 0 Å². The fourth-order valence-corrected chi connectivity index (χ4v) is 4.46. The average molecular weight is 371 g/mol. The quantitative estimate of drug-likeness (QED) is 0.695. The summed E-state index contributed by atoms with van der Waals surface area (Å²) < 4.78 is 1.19. The lowest BCUT2D eigenvalue weighted by molar-refractivity contribution is 0.256. The van der Waals surface area contributed by atoms with Crippen LogP contribution in [0, 0.1) is 0 Å². The van der Waals surface area contributed by atoms with Gasteiger partial charge in [0.15, 0.2) is 0 Å². The molecule has 3 rings (SSSR count). The summed E-state index contributed by atoms with van der Waals surface area (Å²) in [6.45, 7) is 4.31. The van der Waals surface area contributed by atoms with Crippen LogP contribution in [0.25, 0.3) is 0 Å². The van der Waals surface area contributed by atoms with Gasteiger partial charge in [-0.15, -0.1) is 22.7 Å². The topological polar surface area (TPSA) is 15.3 Å². The third-order valence-corrected chi connectivity index (χ3v) is 6.06. The van der Waals surface area contributed by atoms with Crippen LogP contribution in [-0.4, -0.2) is 24.0 Å². The Morgan fingerprint density at radius 2 is 2.20 bits per heavy atom. The number of hydrogen-bond donors (Lipinski definition) is 1. The molecule has 2 aromatic rings. The van der Waals surface area contributed by atoms with Crippen molar-refractivity contribution in [1.82, 2.24) is 10.2 Å². The lowest BCUT2D eigenvalue weighted by Gasteiger charge is -2.21. The fraction of sp³-hybridized carbons (Fsp3) is 0.467. The Balaban J connectivity index is 1.41. The molecule has 108 valence electrons. The molecule has 0 aliphatic heterocycles. The first kappa shape index (κ1) is 14.7. The van der Waals surface area contributed by atoms with E-state index in [1.54, 1.807) is 0 Å². The summed E-state index contributed by atoms with van der Waals surface area (Å²) in [6.07, 6.45) is 2.76. The van der Waals surface area contributed by atoms with Gasteiger partial charge in [-0.25, -0.2) is 0 Å². The van der Waals surface area contributed by atoms with Gasteiger partial charge in [-0.1, -0.05) is 6.07 Å². The molecule has 0 radical (unpaired) electrons. The number of nitrogens with zero attached hydrogens (tertiary/aromatic N) is 1. The number of hydrogen-bond acceptors (Lipinski definition) is 4. The van der Waals surface area contributed by atoms with Crippen molar-refractivity contribution in [3.8, 4) is 0 Å². The molecule has 1 saturated carbocycles. The molecular weight excluding hydrogens is 352 g/mol. The third-order valence-electron chi connectivity index (χ3n) is 3.50. The molecule has 1 aliphatic rings. The van der Waals surface area contributed by atoms with E-state index in [9.17, 15) is 0 Å². The van der Waals surface area contributed by atoms with Gasteiger partial charge in [0.05, 0.1) is 0 Å². The van der Waals surface area contributed by atoms with Gasteiger partial charge in [-0.3, -0.25) is 4.90 Å². The van der Waals surface area contributed by atoms with Crippen LogP contribution in [0.5, 0.6) is 0 Å². The Kier molecular flexibility index (Phi) is 5.29. The Morgan fingerprint density at radius 3 is 2.85 bits per heavy atom. The molecule has 0 unspecified atom stereocenters. The Morgan fingerprint density at radius 1 is 1.30 bits per heavy atom. The minimum atomic E-state index is 0.829. The maximum absolute atomic E-state index is 3.56. The van der Waals surface area contributed by atoms with Crippen LogP contribution < -0.4 is 5.32 Å². The molecule has 20 heavy (non-hydrogen) atoms. The van der Waals surface area contributed by atoms with Gasteiger partial charge in [0, 0.05) is 51.8 Å². The standard InChI is InChI=1S/C15H19BrN2S2/c16-12-8-15(20-11-12)9-17-5-6-18(13-3-4-13)10-14-2-1-7-19-14/h1-2,7-8,11,13,17H,3-6,9-10H2. The van der Waals surface area contributed by atoms with E-state index in [1.165, 1.54) is 27.1 Å². The second kappa shape index (κ2) is 7.18. The number of nitrogens with one attached hydrogen (secondary N) is 1. The number of rotatable bonds is 8. The van der Waals surface area contributed by atoms with Crippen LogP contribution in [0.4, 0.5) is 0 Å². The van der Waals surface area contributed by atoms with E-state index in [2.05, 4.69) is 55.1 Å². The van der Waals surface area contributed by atoms with Crippen molar-refractivity contribution in [2.75, 3.05) is 13.1 Å². The van der Waals surface area contributed by atoms with Crippen molar-refractivity contribution in [2.45, 2.75) is 32.0 Å². The summed E-state index contributed by atoms with van der Waals surface area (Å²) in [7, 11) is 0. The first-order chi connectivity index (χ1) is 9.81. The molecule has 0 aromatic carbocycles. The second-order valence-electron chi connectivity index (χ2n) is 5.19. The second-order valence-corrected chi connectivity index (χ2v) is 8.13. The lowest BCUT2D eigenvalue weighted by atomic mass is 10.3. The van der Waals surface area contributed by atoms with Crippen molar-refractivity contribution in [3.05, 3.63) is 43.2 Å². The minimum absolute atomic E-state index is 0.829. The molecule has 1 N–H and O–H groups in total. The van der Waals surface area contributed by atoms with Gasteiger partial charge in [0.2, 0.25) is 0 Å². The highest BCUT2D eigenvalue weighted by Gasteiger charge is 2.28. The Labute approximate surface area is 136 Å². The van der Waals surface area contributed by atoms with Gasteiger partial charge in [-0.2, -0.15) is 0 Å². The molecule has 0 amide bonds. The number of halogens is 1. The molecule has 5 heteroatoms. The normalized spacial score (nSPS) is 15.1.